The molecule has 0 aromatic carbocycles. The molecule has 2 rings (SSSR count). The summed E-state index contributed by atoms with van der Waals surface area (Å²) in [4.78, 5) is 31.7. The monoisotopic (exact) mass is 1260 g/mol. The molecule has 0 amide bonds. The van der Waals surface area contributed by atoms with Crippen LogP contribution >= 0.6 is 7.75 Å². The highest BCUT2D eigenvalue weighted by Crippen LogP contribution is 2.21. The molecule has 0 fully saturated rings. The summed E-state index contributed by atoms with van der Waals surface area (Å²) in [5.41, 5.74) is 9.59. The van der Waals surface area contributed by atoms with Crippen LogP contribution in [0.5, 0.6) is 0 Å². The summed E-state index contributed by atoms with van der Waals surface area (Å²) < 4.78 is 9.10. The van der Waals surface area contributed by atoms with E-state index in [9.17, 15) is 0 Å². The Balaban J connectivity index is 0.00000161. The minimum atomic E-state index is -4.14. The number of aromatic amines is 2. The number of nitrogens with zero attached hydrogens (tertiary/aromatic N) is 2. The fraction of sp³-hybridized carbons (Fsp3) is 0.825. The van der Waals surface area contributed by atoms with Gasteiger partial charge in [-0.05, 0) is 168 Å². The molecule has 520 valence electrons. The maximum atomic E-state index is 9.10. The van der Waals surface area contributed by atoms with Crippen molar-refractivity contribution in [3.05, 3.63) is 83.0 Å². The Hall–Kier alpha value is -2.51. The molecule has 0 unspecified atom stereocenters. The van der Waals surface area contributed by atoms with E-state index < -0.39 is 7.75 Å². The van der Waals surface area contributed by atoms with Crippen molar-refractivity contribution in [3.8, 4) is 0 Å². The van der Waals surface area contributed by atoms with Gasteiger partial charge in [-0.1, -0.05) is 307 Å². The van der Waals surface area contributed by atoms with Gasteiger partial charge in [0.15, 0.2) is 0 Å². The number of aryl methyl sites for hydroxylation is 6. The fourth-order valence-electron chi connectivity index (χ4n) is 12.2. The van der Waals surface area contributed by atoms with Crippen molar-refractivity contribution < 1.29 is 14.4 Å². The zero-order valence-corrected chi connectivity index (χ0v) is 61.2. The second-order valence-corrected chi connectivity index (χ2v) is 28.0. The normalized spacial score (nSPS) is 12.0. The van der Waals surface area contributed by atoms with Crippen molar-refractivity contribution in [1.82, 2.24) is 19.9 Å². The van der Waals surface area contributed by atoms with Crippen LogP contribution in [0.4, 0.5) is 0 Å². The lowest BCUT2D eigenvalue weighted by molar-refractivity contribution is 0.374. The average Bonchev–Trinajstić information content (AvgIpc) is 4.31. The molecule has 0 aliphatic heterocycles. The number of aromatic nitrogens is 4. The second-order valence-electron chi connectivity index (χ2n) is 26.8. The van der Waals surface area contributed by atoms with E-state index >= 15 is 0 Å². The van der Waals surface area contributed by atoms with E-state index in [1.165, 1.54) is 395 Å². The van der Waals surface area contributed by atoms with Gasteiger partial charge < -0.3 is 19.8 Å². The van der Waals surface area contributed by atoms with Gasteiger partial charge in [-0.15, -0.1) is 0 Å². The molecule has 0 saturated carbocycles. The Morgan fingerprint density at radius 1 is 0.292 bits per heavy atom. The first-order chi connectivity index (χ1) is 43.5. The Morgan fingerprint density at radius 2 is 0.449 bits per heavy atom. The molecule has 2 aromatic heterocycles. The van der Waals surface area contributed by atoms with E-state index in [-0.39, 0.29) is 0 Å². The van der Waals surface area contributed by atoms with Crippen molar-refractivity contribution in [3.63, 3.8) is 0 Å². The molecule has 0 radical (unpaired) electrons. The standard InChI is InChI=1S/2C40H74N2.H4NO3P/c2*1-4-6-8-10-12-14-16-18-20-22-24-26-28-30-32-34-36-39-40(42-38(3)41-39)37-35-33-31-29-27-25-23-21-19-17-15-13-11-9-7-5-2;1-5(2,3)4/h2*18-21H,4-17,22-37H2,1-3H3,(H,41,42);(H4,1,2,3,4)/b2*20-18-,21-19-;. The second kappa shape index (κ2) is 69.8. The van der Waals surface area contributed by atoms with Gasteiger partial charge in [0.25, 0.3) is 0 Å². The molecule has 0 aliphatic carbocycles. The molecule has 6 N–H and O–H groups in total. The Labute approximate surface area is 554 Å². The first kappa shape index (κ1) is 86.5. The number of nitrogens with two attached hydrogens (primary N) is 1. The number of allylic oxidation sites excluding steroid dienone is 8. The molecule has 8 nitrogen and oxygen atoms in total. The summed E-state index contributed by atoms with van der Waals surface area (Å²) in [5.74, 6) is 2.21. The van der Waals surface area contributed by atoms with Gasteiger partial charge in [0.1, 0.15) is 11.6 Å². The molecule has 9 heteroatoms. The van der Waals surface area contributed by atoms with Crippen LogP contribution in [0, 0.1) is 13.8 Å². The minimum absolute atomic E-state index is 1.11. The Bertz CT molecular complexity index is 1640. The number of unbranched alkanes of at least 4 members (excludes halogenated alkanes) is 48. The summed E-state index contributed by atoms with van der Waals surface area (Å²) in [6.45, 7) is 13.4. The fourth-order valence-corrected chi connectivity index (χ4v) is 12.2. The van der Waals surface area contributed by atoms with E-state index in [4.69, 9.17) is 24.3 Å². The largest absolute Gasteiger partial charge is 0.397 e. The lowest BCUT2D eigenvalue weighted by atomic mass is 10.0. The maximum Gasteiger partial charge on any atom is 0.397 e. The van der Waals surface area contributed by atoms with Crippen LogP contribution in [-0.4, -0.2) is 29.7 Å². The van der Waals surface area contributed by atoms with Crippen LogP contribution in [0.2, 0.25) is 0 Å². The number of hydrogen-bond donors (Lipinski definition) is 5. The number of H-pyrrole nitrogens is 2. The number of imidazole rings is 2. The van der Waals surface area contributed by atoms with Crippen LogP contribution in [-0.2, 0) is 30.2 Å². The van der Waals surface area contributed by atoms with E-state index in [0.29, 0.717) is 0 Å². The number of nitrogens with one attached hydrogen (secondary N) is 2. The van der Waals surface area contributed by atoms with Crippen LogP contribution in [0.3, 0.4) is 0 Å². The molecule has 2 heterocycles. The highest BCUT2D eigenvalue weighted by molar-refractivity contribution is 7.49. The van der Waals surface area contributed by atoms with Crippen molar-refractivity contribution >= 4 is 7.75 Å². The summed E-state index contributed by atoms with van der Waals surface area (Å²) in [6, 6.07) is 0. The molecule has 0 atom stereocenters. The zero-order valence-electron chi connectivity index (χ0n) is 60.3. The predicted octanol–water partition coefficient (Wildman–Crippen LogP) is 26.8. The van der Waals surface area contributed by atoms with Crippen molar-refractivity contribution in [2.75, 3.05) is 0 Å². The van der Waals surface area contributed by atoms with E-state index in [1.807, 2.05) is 0 Å². The van der Waals surface area contributed by atoms with Gasteiger partial charge in [-0.3, -0.25) is 0 Å². The summed E-state index contributed by atoms with van der Waals surface area (Å²) >= 11 is 0. The molecule has 0 aliphatic rings. The average molecular weight is 1260 g/mol. The predicted molar refractivity (Wildman–Crippen MR) is 396 cm³/mol. The molecular formula is C80H152N5O3P. The summed E-state index contributed by atoms with van der Waals surface area (Å²) in [7, 11) is -4.14. The third-order valence-electron chi connectivity index (χ3n) is 17.7. The van der Waals surface area contributed by atoms with Gasteiger partial charge in [0, 0.05) is 11.4 Å². The van der Waals surface area contributed by atoms with Gasteiger partial charge in [-0.25, -0.2) is 20.0 Å². The third kappa shape index (κ3) is 68.2. The molecule has 0 bridgehead atoms. The number of rotatable bonds is 64. The molecular weight excluding hydrogens is 1110 g/mol. The lowest BCUT2D eigenvalue weighted by Gasteiger charge is -2.04. The highest BCUT2D eigenvalue weighted by Gasteiger charge is 2.10. The molecule has 2 aromatic rings. The van der Waals surface area contributed by atoms with Crippen LogP contribution in [0.15, 0.2) is 48.6 Å². The lowest BCUT2D eigenvalue weighted by Crippen LogP contribution is -1.95. The quantitative estimate of drug-likeness (QED) is 0.0254. The van der Waals surface area contributed by atoms with E-state index in [0.717, 1.165) is 24.5 Å². The molecule has 89 heavy (non-hydrogen) atoms. The molecule has 0 saturated heterocycles. The first-order valence-corrected chi connectivity index (χ1v) is 40.8. The van der Waals surface area contributed by atoms with E-state index in [1.54, 1.807) is 0 Å². The topological polar surface area (TPSA) is 141 Å². The SMILES string of the molecule is CCCCCCCC/C=C\CCCCCCCCc1nc(C)[nH]c1CCCCCCCC/C=C\CCCCCCCC.CCCCCCCC/C=C\CCCCCCCCc1nc(C)[nH]c1CCCCCCCC/C=C\CCCCCCCC.NP(=O)(O)O. The zero-order chi connectivity index (χ0) is 64.9. The first-order valence-electron chi connectivity index (χ1n) is 39.1. The van der Waals surface area contributed by atoms with Gasteiger partial charge in [-0.2, -0.15) is 0 Å². The van der Waals surface area contributed by atoms with Gasteiger partial charge in [0.2, 0.25) is 0 Å². The minimum Gasteiger partial charge on any atom is -0.346 e. The smallest absolute Gasteiger partial charge is 0.346 e. The summed E-state index contributed by atoms with van der Waals surface area (Å²) in [6.07, 6.45) is 101. The number of hydrogen-bond acceptors (Lipinski definition) is 3. The highest BCUT2D eigenvalue weighted by atomic mass is 31.2. The molecule has 0 spiro atoms. The van der Waals surface area contributed by atoms with Crippen molar-refractivity contribution in [2.24, 2.45) is 5.50 Å². The Morgan fingerprint density at radius 3 is 0.640 bits per heavy atom. The third-order valence-corrected chi connectivity index (χ3v) is 17.7. The van der Waals surface area contributed by atoms with Crippen LogP contribution in [0.1, 0.15) is 422 Å². The summed E-state index contributed by atoms with van der Waals surface area (Å²) in [5, 5.41) is 0. The van der Waals surface area contributed by atoms with E-state index in [2.05, 4.69) is 106 Å². The Kier molecular flexibility index (Phi) is 67.9. The van der Waals surface area contributed by atoms with Crippen molar-refractivity contribution in [1.29, 1.82) is 0 Å². The van der Waals surface area contributed by atoms with Gasteiger partial charge in [0.05, 0.1) is 11.4 Å². The van der Waals surface area contributed by atoms with Gasteiger partial charge >= 0.3 is 7.75 Å². The van der Waals surface area contributed by atoms with Crippen LogP contribution in [0.25, 0.3) is 0 Å². The van der Waals surface area contributed by atoms with Crippen molar-refractivity contribution in [2.45, 2.75) is 427 Å². The maximum absolute atomic E-state index is 9.10. The van der Waals surface area contributed by atoms with Crippen LogP contribution < -0.4 is 5.50 Å².